The molecule has 0 saturated carbocycles. The van der Waals surface area contributed by atoms with Gasteiger partial charge < -0.3 is 5.32 Å². The Hall–Kier alpha value is -2.58. The number of nitrogens with zero attached hydrogens (tertiary/aromatic N) is 2. The Morgan fingerprint density at radius 3 is 2.63 bits per heavy atom. The third-order valence-corrected chi connectivity index (χ3v) is 4.82. The number of hydrogen-bond donors (Lipinski definition) is 2. The van der Waals surface area contributed by atoms with E-state index in [0.29, 0.717) is 17.1 Å². The first-order valence-corrected chi connectivity index (χ1v) is 10.00. The van der Waals surface area contributed by atoms with Crippen molar-refractivity contribution >= 4 is 49.9 Å². The van der Waals surface area contributed by atoms with Crippen molar-refractivity contribution < 1.29 is 9.59 Å². The van der Waals surface area contributed by atoms with Crippen LogP contribution in [-0.2, 0) is 4.79 Å². The first-order chi connectivity index (χ1) is 13.0. The summed E-state index contributed by atoms with van der Waals surface area (Å²) in [4.78, 5) is 32.4. The van der Waals surface area contributed by atoms with Crippen molar-refractivity contribution in [3.63, 3.8) is 0 Å². The Balaban J connectivity index is 1.66. The van der Waals surface area contributed by atoms with Gasteiger partial charge in [0.15, 0.2) is 5.13 Å². The van der Waals surface area contributed by atoms with Crippen LogP contribution in [0.2, 0.25) is 0 Å². The van der Waals surface area contributed by atoms with Gasteiger partial charge in [0.1, 0.15) is 0 Å². The summed E-state index contributed by atoms with van der Waals surface area (Å²) in [6.45, 7) is 1.97. The summed E-state index contributed by atoms with van der Waals surface area (Å²) >= 11 is 4.65. The second kappa shape index (κ2) is 8.88. The highest BCUT2D eigenvalue weighted by atomic mass is 79.9. The molecule has 0 fully saturated rings. The second-order valence-electron chi connectivity index (χ2n) is 5.76. The molecule has 138 valence electrons. The van der Waals surface area contributed by atoms with E-state index in [0.717, 1.165) is 27.8 Å². The maximum Gasteiger partial charge on any atom is 0.259 e. The third-order valence-electron chi connectivity index (χ3n) is 3.63. The first-order valence-electron chi connectivity index (χ1n) is 8.33. The maximum absolute atomic E-state index is 12.3. The summed E-state index contributed by atoms with van der Waals surface area (Å²) in [7, 11) is 0. The number of thiazole rings is 1. The van der Waals surface area contributed by atoms with E-state index in [9.17, 15) is 9.59 Å². The van der Waals surface area contributed by atoms with Crippen LogP contribution >= 0.6 is 27.3 Å². The molecule has 2 amide bonds. The predicted molar refractivity (Wildman–Crippen MR) is 111 cm³/mol. The summed E-state index contributed by atoms with van der Waals surface area (Å²) in [5, 5.41) is 8.01. The summed E-state index contributed by atoms with van der Waals surface area (Å²) in [6, 6.07) is 9.16. The van der Waals surface area contributed by atoms with Crippen molar-refractivity contribution in [3.05, 3.63) is 58.1 Å². The fraction of sp³-hybridized carbons (Fsp3) is 0.158. The number of carbonyl (C=O) groups is 2. The van der Waals surface area contributed by atoms with Crippen LogP contribution in [0.5, 0.6) is 0 Å². The Morgan fingerprint density at radius 1 is 1.15 bits per heavy atom. The lowest BCUT2D eigenvalue weighted by Gasteiger charge is -2.05. The van der Waals surface area contributed by atoms with Crippen molar-refractivity contribution in [2.75, 3.05) is 10.6 Å². The molecule has 0 bridgehead atoms. The molecule has 3 rings (SSSR count). The van der Waals surface area contributed by atoms with Crippen LogP contribution in [0.15, 0.2) is 52.6 Å². The van der Waals surface area contributed by atoms with Crippen molar-refractivity contribution in [1.29, 1.82) is 0 Å². The van der Waals surface area contributed by atoms with Gasteiger partial charge >= 0.3 is 0 Å². The zero-order chi connectivity index (χ0) is 19.2. The van der Waals surface area contributed by atoms with E-state index < -0.39 is 0 Å². The van der Waals surface area contributed by atoms with E-state index in [2.05, 4.69) is 36.5 Å². The number of benzene rings is 1. The molecule has 0 saturated heterocycles. The number of amides is 2. The van der Waals surface area contributed by atoms with Crippen molar-refractivity contribution in [2.24, 2.45) is 0 Å². The molecular formula is C19H17BrN4O2S. The van der Waals surface area contributed by atoms with Gasteiger partial charge in [-0.3, -0.25) is 19.9 Å². The summed E-state index contributed by atoms with van der Waals surface area (Å²) in [5.41, 5.74) is 2.87. The topological polar surface area (TPSA) is 84.0 Å². The van der Waals surface area contributed by atoms with Gasteiger partial charge in [0, 0.05) is 39.9 Å². The van der Waals surface area contributed by atoms with Crippen molar-refractivity contribution in [1.82, 2.24) is 9.97 Å². The minimum absolute atomic E-state index is 0.00551. The Morgan fingerprint density at radius 2 is 1.93 bits per heavy atom. The van der Waals surface area contributed by atoms with Gasteiger partial charge in [-0.15, -0.1) is 11.3 Å². The highest BCUT2D eigenvalue weighted by Crippen LogP contribution is 2.26. The van der Waals surface area contributed by atoms with Gasteiger partial charge in [0.2, 0.25) is 5.91 Å². The van der Waals surface area contributed by atoms with Crippen LogP contribution in [0.3, 0.4) is 0 Å². The Labute approximate surface area is 169 Å². The number of pyridine rings is 1. The average molecular weight is 445 g/mol. The zero-order valence-electron chi connectivity index (χ0n) is 14.5. The van der Waals surface area contributed by atoms with Gasteiger partial charge in [-0.25, -0.2) is 4.98 Å². The molecule has 0 aliphatic heterocycles. The van der Waals surface area contributed by atoms with Gasteiger partial charge in [0.05, 0.1) is 11.3 Å². The van der Waals surface area contributed by atoms with Crippen molar-refractivity contribution in [3.8, 4) is 11.3 Å². The number of aromatic nitrogens is 2. The molecule has 0 aliphatic rings. The monoisotopic (exact) mass is 444 g/mol. The van der Waals surface area contributed by atoms with Gasteiger partial charge in [-0.05, 0) is 40.5 Å². The minimum Gasteiger partial charge on any atom is -0.326 e. The van der Waals surface area contributed by atoms with Crippen LogP contribution in [0.1, 0.15) is 30.1 Å². The molecule has 2 aromatic heterocycles. The fourth-order valence-electron chi connectivity index (χ4n) is 2.34. The standard InChI is InChI=1S/C19H17BrN4O2S/c1-2-3-17(25)22-15-6-4-12(5-7-15)16-11-27-19(23-16)24-18(26)13-8-14(20)10-21-9-13/h4-11H,2-3H2,1H3,(H,22,25)(H,23,24,26). The maximum atomic E-state index is 12.3. The van der Waals surface area contributed by atoms with Crippen LogP contribution in [0.4, 0.5) is 10.8 Å². The number of halogens is 1. The molecule has 3 aromatic rings. The van der Waals surface area contributed by atoms with Gasteiger partial charge in [-0.2, -0.15) is 0 Å². The van der Waals surface area contributed by atoms with E-state index >= 15 is 0 Å². The summed E-state index contributed by atoms with van der Waals surface area (Å²) in [5.74, 6) is -0.260. The molecule has 1 aromatic carbocycles. The number of hydrogen-bond acceptors (Lipinski definition) is 5. The zero-order valence-corrected chi connectivity index (χ0v) is 16.9. The van der Waals surface area contributed by atoms with Crippen LogP contribution in [0, 0.1) is 0 Å². The molecule has 2 heterocycles. The van der Waals surface area contributed by atoms with Gasteiger partial charge in [-0.1, -0.05) is 19.1 Å². The lowest BCUT2D eigenvalue weighted by atomic mass is 10.1. The molecule has 0 atom stereocenters. The van der Waals surface area contributed by atoms with Gasteiger partial charge in [0.25, 0.3) is 5.91 Å². The molecule has 27 heavy (non-hydrogen) atoms. The number of carbonyl (C=O) groups excluding carboxylic acids is 2. The number of rotatable bonds is 6. The molecule has 6 nitrogen and oxygen atoms in total. The van der Waals surface area contributed by atoms with Crippen LogP contribution in [-0.4, -0.2) is 21.8 Å². The Bertz CT molecular complexity index is 956. The van der Waals surface area contributed by atoms with E-state index in [-0.39, 0.29) is 11.8 Å². The normalized spacial score (nSPS) is 10.4. The van der Waals surface area contributed by atoms with E-state index in [1.54, 1.807) is 12.3 Å². The third kappa shape index (κ3) is 5.21. The molecular weight excluding hydrogens is 428 g/mol. The highest BCUT2D eigenvalue weighted by molar-refractivity contribution is 9.10. The second-order valence-corrected chi connectivity index (χ2v) is 7.53. The highest BCUT2D eigenvalue weighted by Gasteiger charge is 2.11. The predicted octanol–water partition coefficient (Wildman–Crippen LogP) is 4.96. The van der Waals surface area contributed by atoms with E-state index in [1.165, 1.54) is 17.5 Å². The van der Waals surface area contributed by atoms with Crippen LogP contribution < -0.4 is 10.6 Å². The van der Waals surface area contributed by atoms with E-state index in [4.69, 9.17) is 0 Å². The lowest BCUT2D eigenvalue weighted by Crippen LogP contribution is -2.11. The summed E-state index contributed by atoms with van der Waals surface area (Å²) < 4.78 is 0.737. The average Bonchev–Trinajstić information content (AvgIpc) is 3.11. The first kappa shape index (κ1) is 19.2. The number of nitrogens with one attached hydrogen (secondary N) is 2. The quantitative estimate of drug-likeness (QED) is 0.562. The summed E-state index contributed by atoms with van der Waals surface area (Å²) in [6.07, 6.45) is 4.43. The molecule has 8 heteroatoms. The minimum atomic E-state index is -0.265. The fourth-order valence-corrected chi connectivity index (χ4v) is 3.42. The largest absolute Gasteiger partial charge is 0.326 e. The molecule has 0 spiro atoms. The molecule has 0 aliphatic carbocycles. The Kier molecular flexibility index (Phi) is 6.31. The van der Waals surface area contributed by atoms with E-state index in [1.807, 2.05) is 36.6 Å². The van der Waals surface area contributed by atoms with Crippen molar-refractivity contribution in [2.45, 2.75) is 19.8 Å². The smallest absolute Gasteiger partial charge is 0.259 e. The molecule has 2 N–H and O–H groups in total. The molecule has 0 radical (unpaired) electrons. The number of anilines is 2. The molecule has 0 unspecified atom stereocenters. The SMILES string of the molecule is CCCC(=O)Nc1ccc(-c2csc(NC(=O)c3cncc(Br)c3)n2)cc1. The lowest BCUT2D eigenvalue weighted by molar-refractivity contribution is -0.116. The van der Waals surface area contributed by atoms with Crippen LogP contribution in [0.25, 0.3) is 11.3 Å².